The lowest BCUT2D eigenvalue weighted by atomic mass is 10.1. The van der Waals surface area contributed by atoms with E-state index in [1.165, 1.54) is 37.8 Å². The fraction of sp³-hybridized carbons (Fsp3) is 0.241. The maximum absolute atomic E-state index is 2.44. The monoisotopic (exact) mass is 408 g/mol. The quantitative estimate of drug-likeness (QED) is 0.384. The van der Waals surface area contributed by atoms with E-state index in [0.717, 1.165) is 6.42 Å². The minimum absolute atomic E-state index is 0.519. The summed E-state index contributed by atoms with van der Waals surface area (Å²) < 4.78 is 0. The summed E-state index contributed by atoms with van der Waals surface area (Å²) in [6.45, 7) is 11.3. The zero-order valence-corrected chi connectivity index (χ0v) is 19.9. The zero-order valence-electron chi connectivity index (χ0n) is 18.9. The lowest BCUT2D eigenvalue weighted by Crippen LogP contribution is -2.69. The molecule has 0 fully saturated rings. The van der Waals surface area contributed by atoms with Gasteiger partial charge in [-0.15, -0.1) is 0 Å². The number of rotatable bonds is 5. The molecule has 0 bridgehead atoms. The second-order valence-electron chi connectivity index (χ2n) is 9.05. The first-order valence-electron chi connectivity index (χ1n) is 11.0. The average Bonchev–Trinajstić information content (AvgIpc) is 3.19. The molecular weight excluding hydrogens is 376 g/mol. The minimum atomic E-state index is -2.39. The van der Waals surface area contributed by atoms with Crippen molar-refractivity contribution >= 4 is 23.6 Å². The summed E-state index contributed by atoms with van der Waals surface area (Å²) in [5.41, 5.74) is 5.54. The third-order valence-corrected chi connectivity index (χ3v) is 11.3. The van der Waals surface area contributed by atoms with Gasteiger partial charge >= 0.3 is 0 Å². The zero-order chi connectivity index (χ0) is 21.3. The van der Waals surface area contributed by atoms with E-state index < -0.39 is 8.07 Å². The van der Waals surface area contributed by atoms with Crippen LogP contribution in [0.1, 0.15) is 37.0 Å². The Labute approximate surface area is 183 Å². The molecule has 0 amide bonds. The van der Waals surface area contributed by atoms with Crippen molar-refractivity contribution in [3.05, 3.63) is 112 Å². The summed E-state index contributed by atoms with van der Waals surface area (Å²) in [5.74, 6) is 0.519. The number of aryl methyl sites for hydroxylation is 3. The van der Waals surface area contributed by atoms with Gasteiger partial charge in [0.15, 0.2) is 8.07 Å². The van der Waals surface area contributed by atoms with Crippen molar-refractivity contribution in [3.8, 4) is 0 Å². The molecule has 1 heteroatoms. The average molecular weight is 409 g/mol. The van der Waals surface area contributed by atoms with Crippen molar-refractivity contribution < 1.29 is 0 Å². The third-order valence-electron chi connectivity index (χ3n) is 6.40. The van der Waals surface area contributed by atoms with Crippen LogP contribution in [0.2, 0.25) is 0 Å². The standard InChI is InChI=1S/C29H32Si/c1-21(2)28-16-9-17-29(28)30(25-13-6-10-22(3)18-25,26-14-7-11-23(4)19-26)27-15-8-12-24(5)20-27/h6-16,18-21H,17H2,1-5H3. The first-order valence-corrected chi connectivity index (χ1v) is 13.0. The Balaban J connectivity index is 2.18. The van der Waals surface area contributed by atoms with Gasteiger partial charge in [0.05, 0.1) is 0 Å². The Morgan fingerprint density at radius 2 is 1.10 bits per heavy atom. The second-order valence-corrected chi connectivity index (χ2v) is 12.9. The molecule has 0 radical (unpaired) electrons. The maximum atomic E-state index is 2.44. The van der Waals surface area contributed by atoms with Crippen LogP contribution in [0.5, 0.6) is 0 Å². The molecule has 152 valence electrons. The highest BCUT2D eigenvalue weighted by Gasteiger charge is 2.45. The molecule has 3 aromatic rings. The Bertz CT molecular complexity index is 1020. The van der Waals surface area contributed by atoms with Crippen molar-refractivity contribution in [2.75, 3.05) is 0 Å². The summed E-state index contributed by atoms with van der Waals surface area (Å²) >= 11 is 0. The molecule has 3 aromatic carbocycles. The van der Waals surface area contributed by atoms with E-state index in [-0.39, 0.29) is 0 Å². The van der Waals surface area contributed by atoms with Gasteiger partial charge < -0.3 is 0 Å². The highest BCUT2D eigenvalue weighted by atomic mass is 28.3. The predicted molar refractivity (Wildman–Crippen MR) is 134 cm³/mol. The molecule has 4 rings (SSSR count). The van der Waals surface area contributed by atoms with Crippen LogP contribution in [0.25, 0.3) is 0 Å². The van der Waals surface area contributed by atoms with Crippen LogP contribution in [0.3, 0.4) is 0 Å². The van der Waals surface area contributed by atoms with Crippen LogP contribution in [0.4, 0.5) is 0 Å². The Hall–Kier alpha value is -2.64. The van der Waals surface area contributed by atoms with E-state index in [2.05, 4.69) is 120 Å². The fourth-order valence-corrected chi connectivity index (χ4v) is 10.7. The van der Waals surface area contributed by atoms with Crippen molar-refractivity contribution in [3.63, 3.8) is 0 Å². The molecule has 0 nitrogen and oxygen atoms in total. The maximum Gasteiger partial charge on any atom is 0.176 e. The first kappa shape index (κ1) is 20.6. The molecule has 1 aliphatic rings. The van der Waals surface area contributed by atoms with Gasteiger partial charge in [0.25, 0.3) is 0 Å². The molecule has 0 aliphatic heterocycles. The molecule has 0 heterocycles. The van der Waals surface area contributed by atoms with Gasteiger partial charge in [-0.1, -0.05) is 121 Å². The first-order chi connectivity index (χ1) is 14.4. The molecule has 0 spiro atoms. The largest absolute Gasteiger partial charge is 0.176 e. The van der Waals surface area contributed by atoms with E-state index in [9.17, 15) is 0 Å². The molecule has 1 aliphatic carbocycles. The molecule has 30 heavy (non-hydrogen) atoms. The van der Waals surface area contributed by atoms with Crippen molar-refractivity contribution in [1.82, 2.24) is 0 Å². The summed E-state index contributed by atoms with van der Waals surface area (Å²) in [7, 11) is -2.39. The lowest BCUT2D eigenvalue weighted by molar-refractivity contribution is 0.789. The highest BCUT2D eigenvalue weighted by molar-refractivity contribution is 7.16. The lowest BCUT2D eigenvalue weighted by Gasteiger charge is -2.37. The smallest absolute Gasteiger partial charge is 0.0805 e. The summed E-state index contributed by atoms with van der Waals surface area (Å²) in [4.78, 5) is 0. The van der Waals surface area contributed by atoms with Crippen molar-refractivity contribution in [1.29, 1.82) is 0 Å². The Kier molecular flexibility index (Phi) is 5.66. The van der Waals surface area contributed by atoms with Gasteiger partial charge in [-0.2, -0.15) is 0 Å². The van der Waals surface area contributed by atoms with Gasteiger partial charge in [-0.05, 0) is 54.2 Å². The van der Waals surface area contributed by atoms with Gasteiger partial charge in [0.2, 0.25) is 0 Å². The van der Waals surface area contributed by atoms with Crippen LogP contribution >= 0.6 is 0 Å². The van der Waals surface area contributed by atoms with Crippen LogP contribution in [-0.4, -0.2) is 8.07 Å². The van der Waals surface area contributed by atoms with Crippen LogP contribution in [-0.2, 0) is 0 Å². The van der Waals surface area contributed by atoms with E-state index in [1.54, 1.807) is 5.20 Å². The van der Waals surface area contributed by atoms with E-state index >= 15 is 0 Å². The van der Waals surface area contributed by atoms with Gasteiger partial charge in [0, 0.05) is 0 Å². The predicted octanol–water partition coefficient (Wildman–Crippen LogP) is 5.53. The van der Waals surface area contributed by atoms with Crippen LogP contribution < -0.4 is 15.6 Å². The molecule has 0 atom stereocenters. The highest BCUT2D eigenvalue weighted by Crippen LogP contribution is 2.33. The number of benzene rings is 3. The summed E-state index contributed by atoms with van der Waals surface area (Å²) in [5, 5.41) is 6.14. The van der Waals surface area contributed by atoms with Crippen molar-refractivity contribution in [2.45, 2.75) is 41.0 Å². The topological polar surface area (TPSA) is 0 Å². The molecule has 0 unspecified atom stereocenters. The fourth-order valence-electron chi connectivity index (χ4n) is 5.09. The number of allylic oxidation sites excluding steroid dienone is 4. The minimum Gasteiger partial charge on any atom is -0.0805 e. The number of hydrogen-bond acceptors (Lipinski definition) is 0. The molecule has 0 saturated carbocycles. The Morgan fingerprint density at radius 1 is 0.667 bits per heavy atom. The van der Waals surface area contributed by atoms with E-state index in [1.807, 2.05) is 0 Å². The normalized spacial score (nSPS) is 14.1. The summed E-state index contributed by atoms with van der Waals surface area (Å²) in [6.07, 6.45) is 5.83. The summed E-state index contributed by atoms with van der Waals surface area (Å²) in [6, 6.07) is 27.9. The van der Waals surface area contributed by atoms with Gasteiger partial charge in [-0.3, -0.25) is 0 Å². The molecule has 0 saturated heterocycles. The Morgan fingerprint density at radius 3 is 1.47 bits per heavy atom. The second kappa shape index (κ2) is 8.24. The van der Waals surface area contributed by atoms with Gasteiger partial charge in [0.1, 0.15) is 0 Å². The van der Waals surface area contributed by atoms with Crippen LogP contribution in [0, 0.1) is 26.7 Å². The van der Waals surface area contributed by atoms with Crippen LogP contribution in [0.15, 0.2) is 95.7 Å². The molecule has 0 N–H and O–H groups in total. The SMILES string of the molecule is Cc1cccc([Si](C2=C(C(C)C)C=CC2)(c2cccc(C)c2)c2cccc(C)c2)c1. The van der Waals surface area contributed by atoms with Crippen molar-refractivity contribution in [2.24, 2.45) is 5.92 Å². The third kappa shape index (κ3) is 3.52. The van der Waals surface area contributed by atoms with E-state index in [4.69, 9.17) is 0 Å². The number of hydrogen-bond donors (Lipinski definition) is 0. The molecule has 0 aromatic heterocycles. The van der Waals surface area contributed by atoms with E-state index in [0.29, 0.717) is 5.92 Å². The molecular formula is C29H32Si. The van der Waals surface area contributed by atoms with Gasteiger partial charge in [-0.25, -0.2) is 0 Å².